The van der Waals surface area contributed by atoms with Crippen LogP contribution in [0.5, 0.6) is 0 Å². The summed E-state index contributed by atoms with van der Waals surface area (Å²) in [6.45, 7) is 0.586. The molecule has 28 heavy (non-hydrogen) atoms. The monoisotopic (exact) mass is 430 g/mol. The number of carbonyl (C=O) groups is 1. The Morgan fingerprint density at radius 3 is 2.29 bits per heavy atom. The van der Waals surface area contributed by atoms with Crippen LogP contribution in [0.2, 0.25) is 0 Å². The van der Waals surface area contributed by atoms with Gasteiger partial charge in [0.1, 0.15) is 6.61 Å². The first-order valence-electron chi connectivity index (χ1n) is 7.68. The highest BCUT2D eigenvalue weighted by molar-refractivity contribution is 7.86. The van der Waals surface area contributed by atoms with E-state index in [4.69, 9.17) is 22.8 Å². The average molecular weight is 430 g/mol. The molecule has 0 aliphatic carbocycles. The number of non-ortho nitro benzene ring substituents is 1. The van der Waals surface area contributed by atoms with Crippen LogP contribution >= 0.6 is 0 Å². The van der Waals surface area contributed by atoms with E-state index in [1.54, 1.807) is 12.1 Å². The quantitative estimate of drug-likeness (QED) is 0.319. The van der Waals surface area contributed by atoms with Crippen LogP contribution in [0.4, 0.5) is 23.7 Å². The van der Waals surface area contributed by atoms with Crippen molar-refractivity contribution < 1.29 is 45.7 Å². The highest BCUT2D eigenvalue weighted by Crippen LogP contribution is 2.20. The lowest BCUT2D eigenvalue weighted by atomic mass is 10.2. The second-order valence-electron chi connectivity index (χ2n) is 5.57. The first-order chi connectivity index (χ1) is 12.9. The topological polar surface area (TPSA) is 147 Å². The number of rotatable bonds is 4. The predicted molar refractivity (Wildman–Crippen MR) is 87.7 cm³/mol. The van der Waals surface area contributed by atoms with Crippen LogP contribution in [0, 0.1) is 10.1 Å². The Hall–Kier alpha value is -2.45. The molecule has 2 rings (SSSR count). The van der Waals surface area contributed by atoms with E-state index >= 15 is 0 Å². The van der Waals surface area contributed by atoms with Gasteiger partial charge in [0.25, 0.3) is 5.69 Å². The van der Waals surface area contributed by atoms with E-state index in [1.165, 1.54) is 17.0 Å². The van der Waals surface area contributed by atoms with Gasteiger partial charge in [-0.25, -0.2) is 4.79 Å². The van der Waals surface area contributed by atoms with Crippen molar-refractivity contribution in [1.82, 2.24) is 4.90 Å². The number of nitrogens with zero attached hydrogens (tertiary/aromatic N) is 2. The summed E-state index contributed by atoms with van der Waals surface area (Å²) in [5.41, 5.74) is -4.85. The Kier molecular flexibility index (Phi) is 8.14. The third-order valence-electron chi connectivity index (χ3n) is 3.62. The van der Waals surface area contributed by atoms with Crippen molar-refractivity contribution in [3.05, 3.63) is 39.9 Å². The number of alkyl halides is 3. The molecule has 1 aliphatic heterocycles. The van der Waals surface area contributed by atoms with Gasteiger partial charge in [0.15, 0.2) is 0 Å². The molecule has 1 fully saturated rings. The minimum Gasteiger partial charge on any atom is -0.445 e. The fourth-order valence-corrected chi connectivity index (χ4v) is 2.21. The summed E-state index contributed by atoms with van der Waals surface area (Å²) < 4.78 is 62.7. The second kappa shape index (κ2) is 9.66. The third-order valence-corrected chi connectivity index (χ3v) is 4.21. The van der Waals surface area contributed by atoms with Crippen molar-refractivity contribution in [2.24, 2.45) is 0 Å². The standard InChI is InChI=1S/C13H16N2O5.CHF3O3S/c16-8-12-2-1-7-14(12)13(17)20-9-10-3-5-11(6-4-10)15(18)19;2-1(3,4)8(5,6)7/h3-6,12,16H,1-2,7-9H2;(H,5,6,7)/t12-;/m1./s1. The maximum absolute atomic E-state index is 11.8. The van der Waals surface area contributed by atoms with Crippen molar-refractivity contribution in [3.63, 3.8) is 0 Å². The van der Waals surface area contributed by atoms with Gasteiger partial charge in [-0.3, -0.25) is 14.7 Å². The molecule has 1 atom stereocenters. The Morgan fingerprint density at radius 1 is 1.32 bits per heavy atom. The summed E-state index contributed by atoms with van der Waals surface area (Å²) in [6, 6.07) is 5.68. The summed E-state index contributed by atoms with van der Waals surface area (Å²) in [7, 11) is -5.84. The molecular formula is C14H17F3N2O8S. The Morgan fingerprint density at radius 2 is 1.86 bits per heavy atom. The molecule has 1 aromatic carbocycles. The molecule has 10 nitrogen and oxygen atoms in total. The number of carbonyl (C=O) groups excluding carboxylic acids is 1. The van der Waals surface area contributed by atoms with Crippen molar-refractivity contribution in [1.29, 1.82) is 0 Å². The summed E-state index contributed by atoms with van der Waals surface area (Å²) in [6.07, 6.45) is 1.18. The largest absolute Gasteiger partial charge is 0.522 e. The van der Waals surface area contributed by atoms with E-state index in [9.17, 15) is 28.1 Å². The number of benzene rings is 1. The van der Waals surface area contributed by atoms with Crippen LogP contribution in [-0.2, 0) is 21.5 Å². The molecule has 14 heteroatoms. The normalized spacial score (nSPS) is 16.9. The minimum absolute atomic E-state index is 0.0000334. The lowest BCUT2D eigenvalue weighted by molar-refractivity contribution is -0.384. The Labute approximate surface area is 157 Å². The summed E-state index contributed by atoms with van der Waals surface area (Å²) >= 11 is 0. The number of aliphatic hydroxyl groups excluding tert-OH is 1. The van der Waals surface area contributed by atoms with E-state index in [1.807, 2.05) is 0 Å². The van der Waals surface area contributed by atoms with Gasteiger partial charge in [-0.05, 0) is 30.5 Å². The highest BCUT2D eigenvalue weighted by atomic mass is 32.2. The van der Waals surface area contributed by atoms with E-state index in [2.05, 4.69) is 0 Å². The number of hydrogen-bond acceptors (Lipinski definition) is 7. The third kappa shape index (κ3) is 6.94. The summed E-state index contributed by atoms with van der Waals surface area (Å²) in [5, 5.41) is 19.7. The smallest absolute Gasteiger partial charge is 0.445 e. The number of amides is 1. The van der Waals surface area contributed by atoms with E-state index < -0.39 is 26.6 Å². The van der Waals surface area contributed by atoms with Gasteiger partial charge in [0, 0.05) is 18.7 Å². The fourth-order valence-electron chi connectivity index (χ4n) is 2.21. The lowest BCUT2D eigenvalue weighted by Crippen LogP contribution is -2.37. The molecule has 1 aromatic rings. The van der Waals surface area contributed by atoms with Crippen molar-refractivity contribution >= 4 is 21.9 Å². The van der Waals surface area contributed by atoms with Crippen LogP contribution < -0.4 is 0 Å². The SMILES string of the molecule is O=C(OCc1ccc([N+](=O)[O-])cc1)N1CCC[C@@H]1CO.O=S(=O)(O)C(F)(F)F. The first-order valence-corrected chi connectivity index (χ1v) is 9.12. The fraction of sp³-hybridized carbons (Fsp3) is 0.500. The summed E-state index contributed by atoms with van der Waals surface area (Å²) in [4.78, 5) is 23.4. The molecular weight excluding hydrogens is 413 g/mol. The molecule has 1 amide bonds. The molecule has 0 radical (unpaired) electrons. The summed E-state index contributed by atoms with van der Waals surface area (Å²) in [5.74, 6) is 0. The van der Waals surface area contributed by atoms with Gasteiger partial charge in [-0.1, -0.05) is 0 Å². The van der Waals surface area contributed by atoms with E-state index in [-0.39, 0.29) is 24.9 Å². The molecule has 0 aromatic heterocycles. The zero-order valence-electron chi connectivity index (χ0n) is 14.2. The number of halogens is 3. The van der Waals surface area contributed by atoms with E-state index in [0.29, 0.717) is 12.1 Å². The maximum atomic E-state index is 11.8. The number of ether oxygens (including phenoxy) is 1. The van der Waals surface area contributed by atoms with Crippen LogP contribution in [0.1, 0.15) is 18.4 Å². The van der Waals surface area contributed by atoms with Crippen LogP contribution in [0.25, 0.3) is 0 Å². The maximum Gasteiger partial charge on any atom is 0.522 e. The molecule has 1 heterocycles. The predicted octanol–water partition coefficient (Wildman–Crippen LogP) is 2.08. The molecule has 2 N–H and O–H groups in total. The van der Waals surface area contributed by atoms with Crippen molar-refractivity contribution in [2.45, 2.75) is 31.0 Å². The molecule has 158 valence electrons. The molecule has 0 spiro atoms. The van der Waals surface area contributed by atoms with Gasteiger partial charge >= 0.3 is 21.7 Å². The molecule has 1 saturated heterocycles. The van der Waals surface area contributed by atoms with Gasteiger partial charge < -0.3 is 14.7 Å². The Bertz CT molecular complexity index is 783. The zero-order chi connectivity index (χ0) is 21.5. The minimum atomic E-state index is -5.84. The van der Waals surface area contributed by atoms with Crippen molar-refractivity contribution in [2.75, 3.05) is 13.2 Å². The highest BCUT2D eigenvalue weighted by Gasteiger charge is 2.44. The van der Waals surface area contributed by atoms with Crippen LogP contribution in [0.15, 0.2) is 24.3 Å². The average Bonchev–Trinajstić information content (AvgIpc) is 3.07. The number of hydrogen-bond donors (Lipinski definition) is 2. The van der Waals surface area contributed by atoms with E-state index in [0.717, 1.165) is 12.8 Å². The van der Waals surface area contributed by atoms with Crippen LogP contribution in [-0.4, -0.2) is 58.7 Å². The van der Waals surface area contributed by atoms with Gasteiger partial charge in [0.05, 0.1) is 17.6 Å². The second-order valence-corrected chi connectivity index (χ2v) is 6.98. The molecule has 0 bridgehead atoms. The molecule has 1 aliphatic rings. The zero-order valence-corrected chi connectivity index (χ0v) is 15.0. The lowest BCUT2D eigenvalue weighted by Gasteiger charge is -2.22. The number of nitro benzene ring substituents is 1. The van der Waals surface area contributed by atoms with Crippen LogP contribution in [0.3, 0.4) is 0 Å². The molecule has 0 unspecified atom stereocenters. The van der Waals surface area contributed by atoms with Gasteiger partial charge in [-0.2, -0.15) is 21.6 Å². The molecule has 0 saturated carbocycles. The number of aliphatic hydroxyl groups is 1. The number of likely N-dealkylation sites (tertiary alicyclic amines) is 1. The first kappa shape index (κ1) is 23.6. The number of nitro groups is 1. The Balaban J connectivity index is 0.000000416. The van der Waals surface area contributed by atoms with Crippen molar-refractivity contribution in [3.8, 4) is 0 Å². The van der Waals surface area contributed by atoms with Gasteiger partial charge in [-0.15, -0.1) is 0 Å². The van der Waals surface area contributed by atoms with Gasteiger partial charge in [0.2, 0.25) is 0 Å².